The molecule has 0 aliphatic rings. The number of thioether (sulfide) groups is 1. The van der Waals surface area contributed by atoms with Gasteiger partial charge >= 0.3 is 5.97 Å². The predicted molar refractivity (Wildman–Crippen MR) is 78.6 cm³/mol. The first-order valence-electron chi connectivity index (χ1n) is 5.48. The van der Waals surface area contributed by atoms with Gasteiger partial charge in [0.2, 0.25) is 0 Å². The van der Waals surface area contributed by atoms with E-state index < -0.39 is 5.97 Å². The van der Waals surface area contributed by atoms with Crippen LogP contribution in [0.4, 0.5) is 0 Å². The highest BCUT2D eigenvalue weighted by atomic mass is 35.5. The van der Waals surface area contributed by atoms with Gasteiger partial charge in [0.25, 0.3) is 0 Å². The van der Waals surface area contributed by atoms with Crippen molar-refractivity contribution >= 4 is 35.4 Å². The minimum atomic E-state index is -1.02. The zero-order valence-electron chi connectivity index (χ0n) is 10.7. The van der Waals surface area contributed by atoms with Crippen LogP contribution < -0.4 is 9.47 Å². The maximum Gasteiger partial charge on any atom is 0.328 e. The van der Waals surface area contributed by atoms with E-state index in [2.05, 4.69) is 0 Å². The van der Waals surface area contributed by atoms with Gasteiger partial charge in [-0.3, -0.25) is 0 Å². The average Bonchev–Trinajstić information content (AvgIpc) is 2.38. The highest BCUT2D eigenvalue weighted by molar-refractivity contribution is 7.98. The molecule has 0 heterocycles. The second-order valence-electron chi connectivity index (χ2n) is 3.55. The van der Waals surface area contributed by atoms with Gasteiger partial charge in [-0.2, -0.15) is 11.8 Å². The number of carboxylic acids is 1. The lowest BCUT2D eigenvalue weighted by atomic mass is 10.2. The molecule has 0 saturated heterocycles. The zero-order chi connectivity index (χ0) is 14.3. The summed E-state index contributed by atoms with van der Waals surface area (Å²) in [7, 11) is 1.51. The van der Waals surface area contributed by atoms with E-state index in [1.807, 2.05) is 6.26 Å². The van der Waals surface area contributed by atoms with Crippen LogP contribution in [0.1, 0.15) is 5.56 Å². The summed E-state index contributed by atoms with van der Waals surface area (Å²) in [5.41, 5.74) is 0.640. The third-order valence-electron chi connectivity index (χ3n) is 2.20. The van der Waals surface area contributed by atoms with Crippen molar-refractivity contribution in [2.45, 2.75) is 0 Å². The summed E-state index contributed by atoms with van der Waals surface area (Å²) >= 11 is 7.78. The fourth-order valence-electron chi connectivity index (χ4n) is 1.37. The van der Waals surface area contributed by atoms with Crippen molar-refractivity contribution in [2.75, 3.05) is 25.7 Å². The Labute approximate surface area is 121 Å². The third kappa shape index (κ3) is 5.04. The molecule has 1 rings (SSSR count). The van der Waals surface area contributed by atoms with Crippen molar-refractivity contribution < 1.29 is 19.4 Å². The number of hydrogen-bond donors (Lipinski definition) is 1. The van der Waals surface area contributed by atoms with Crippen LogP contribution in [0.3, 0.4) is 0 Å². The lowest BCUT2D eigenvalue weighted by Gasteiger charge is -2.12. The van der Waals surface area contributed by atoms with Crippen LogP contribution in [0.5, 0.6) is 11.5 Å². The number of methoxy groups -OCH3 is 1. The van der Waals surface area contributed by atoms with Gasteiger partial charge in [-0.1, -0.05) is 11.6 Å². The first-order chi connectivity index (χ1) is 9.08. The standard InChI is InChI=1S/C13H15ClO4S/c1-17-11-8-9(3-4-12(15)16)7-10(14)13(11)18-5-6-19-2/h3-4,7-8H,5-6H2,1-2H3,(H,15,16)/b4-3+. The van der Waals surface area contributed by atoms with Crippen LogP contribution in [0.2, 0.25) is 5.02 Å². The number of halogens is 1. The fraction of sp³-hybridized carbons (Fsp3) is 0.308. The van der Waals surface area contributed by atoms with Crippen LogP contribution in [0.15, 0.2) is 18.2 Å². The van der Waals surface area contributed by atoms with Gasteiger partial charge in [-0.05, 0) is 30.0 Å². The minimum Gasteiger partial charge on any atom is -0.493 e. The molecule has 19 heavy (non-hydrogen) atoms. The van der Waals surface area contributed by atoms with Crippen molar-refractivity contribution in [1.82, 2.24) is 0 Å². The van der Waals surface area contributed by atoms with Crippen LogP contribution >= 0.6 is 23.4 Å². The van der Waals surface area contributed by atoms with Crippen LogP contribution in [0, 0.1) is 0 Å². The normalized spacial score (nSPS) is 10.7. The van der Waals surface area contributed by atoms with Gasteiger partial charge in [0.05, 0.1) is 18.7 Å². The van der Waals surface area contributed by atoms with Crippen molar-refractivity contribution in [1.29, 1.82) is 0 Å². The van der Waals surface area contributed by atoms with E-state index in [1.54, 1.807) is 23.9 Å². The summed E-state index contributed by atoms with van der Waals surface area (Å²) in [6.07, 6.45) is 4.48. The molecular formula is C13H15ClO4S. The number of aliphatic carboxylic acids is 1. The van der Waals surface area contributed by atoms with Gasteiger partial charge < -0.3 is 14.6 Å². The Morgan fingerprint density at radius 3 is 2.84 bits per heavy atom. The highest BCUT2D eigenvalue weighted by Gasteiger charge is 2.11. The van der Waals surface area contributed by atoms with Crippen LogP contribution in [0.25, 0.3) is 6.08 Å². The minimum absolute atomic E-state index is 0.394. The molecule has 0 unspecified atom stereocenters. The number of carbonyl (C=O) groups is 1. The molecule has 0 saturated carbocycles. The molecule has 0 aliphatic heterocycles. The van der Waals surface area contributed by atoms with Gasteiger partial charge in [0.1, 0.15) is 0 Å². The molecule has 4 nitrogen and oxygen atoms in total. The molecule has 1 aromatic rings. The third-order valence-corrected chi connectivity index (χ3v) is 3.06. The zero-order valence-corrected chi connectivity index (χ0v) is 12.3. The Balaban J connectivity index is 2.97. The van der Waals surface area contributed by atoms with Crippen LogP contribution in [-0.2, 0) is 4.79 Å². The van der Waals surface area contributed by atoms with Gasteiger partial charge in [-0.25, -0.2) is 4.79 Å². The molecule has 0 spiro atoms. The van der Waals surface area contributed by atoms with E-state index in [1.165, 1.54) is 13.2 Å². The van der Waals surface area contributed by atoms with E-state index >= 15 is 0 Å². The number of ether oxygens (including phenoxy) is 2. The molecule has 0 aliphatic carbocycles. The smallest absolute Gasteiger partial charge is 0.328 e. The summed E-state index contributed by atoms with van der Waals surface area (Å²) in [5.74, 6) is 0.792. The Kier molecular flexibility index (Phi) is 6.59. The van der Waals surface area contributed by atoms with Gasteiger partial charge in [-0.15, -0.1) is 0 Å². The Bertz CT molecular complexity index is 474. The molecule has 1 aromatic carbocycles. The molecule has 0 atom stereocenters. The second kappa shape index (κ2) is 7.96. The summed E-state index contributed by atoms with van der Waals surface area (Å²) in [6.45, 7) is 0.529. The Morgan fingerprint density at radius 2 is 2.26 bits per heavy atom. The SMILES string of the molecule is COc1cc(/C=C/C(=O)O)cc(Cl)c1OCCSC. The largest absolute Gasteiger partial charge is 0.493 e. The van der Waals surface area contributed by atoms with Crippen molar-refractivity contribution in [3.63, 3.8) is 0 Å². The lowest BCUT2D eigenvalue weighted by Crippen LogP contribution is -2.02. The molecule has 6 heteroatoms. The maximum absolute atomic E-state index is 10.5. The second-order valence-corrected chi connectivity index (χ2v) is 4.94. The number of hydrogen-bond acceptors (Lipinski definition) is 4. The molecule has 0 amide bonds. The molecule has 0 fully saturated rings. The van der Waals surface area contributed by atoms with E-state index in [0.717, 1.165) is 11.8 Å². The fourth-order valence-corrected chi connectivity index (χ4v) is 1.89. The van der Waals surface area contributed by atoms with Crippen molar-refractivity contribution in [3.05, 3.63) is 28.8 Å². The van der Waals surface area contributed by atoms with E-state index in [9.17, 15) is 4.79 Å². The lowest BCUT2D eigenvalue weighted by molar-refractivity contribution is -0.131. The Morgan fingerprint density at radius 1 is 1.53 bits per heavy atom. The maximum atomic E-state index is 10.5. The highest BCUT2D eigenvalue weighted by Crippen LogP contribution is 2.36. The van der Waals surface area contributed by atoms with E-state index in [-0.39, 0.29) is 0 Å². The van der Waals surface area contributed by atoms with E-state index in [0.29, 0.717) is 28.7 Å². The molecule has 0 aromatic heterocycles. The molecule has 0 radical (unpaired) electrons. The summed E-state index contributed by atoms with van der Waals surface area (Å²) in [5, 5.41) is 8.98. The Hall–Kier alpha value is -1.33. The first kappa shape index (κ1) is 15.7. The molecule has 0 bridgehead atoms. The molecule has 1 N–H and O–H groups in total. The number of rotatable bonds is 7. The quantitative estimate of drug-likeness (QED) is 0.619. The average molecular weight is 303 g/mol. The molecule has 104 valence electrons. The van der Waals surface area contributed by atoms with Crippen molar-refractivity contribution in [3.8, 4) is 11.5 Å². The van der Waals surface area contributed by atoms with Gasteiger partial charge in [0.15, 0.2) is 11.5 Å². The van der Waals surface area contributed by atoms with Gasteiger partial charge in [0, 0.05) is 11.8 Å². The topological polar surface area (TPSA) is 55.8 Å². The number of benzene rings is 1. The summed E-state index contributed by atoms with van der Waals surface area (Å²) in [6, 6.07) is 3.32. The monoisotopic (exact) mass is 302 g/mol. The summed E-state index contributed by atoms with van der Waals surface area (Å²) in [4.78, 5) is 10.5. The van der Waals surface area contributed by atoms with Crippen molar-refractivity contribution in [2.24, 2.45) is 0 Å². The number of carboxylic acid groups (broad SMARTS) is 1. The van der Waals surface area contributed by atoms with E-state index in [4.69, 9.17) is 26.2 Å². The first-order valence-corrected chi connectivity index (χ1v) is 7.26. The molecular weight excluding hydrogens is 288 g/mol. The summed E-state index contributed by atoms with van der Waals surface area (Å²) < 4.78 is 10.8. The van der Waals surface area contributed by atoms with Crippen LogP contribution in [-0.4, -0.2) is 36.8 Å². The predicted octanol–water partition coefficient (Wildman–Crippen LogP) is 3.19.